The summed E-state index contributed by atoms with van der Waals surface area (Å²) < 4.78 is 10.9. The molecule has 1 aromatic heterocycles. The van der Waals surface area contributed by atoms with Gasteiger partial charge in [0.25, 0.3) is 0 Å². The Balaban J connectivity index is 1.99. The first-order chi connectivity index (χ1) is 6.86. The molecule has 2 rings (SSSR count). The molecule has 0 unspecified atom stereocenters. The Hall–Kier alpha value is -1.29. The van der Waals surface area contributed by atoms with Crippen LogP contribution in [0.5, 0.6) is 5.75 Å². The molecule has 0 amide bonds. The average Bonchev–Trinajstić information content (AvgIpc) is 2.23. The second kappa shape index (κ2) is 4.28. The van der Waals surface area contributed by atoms with Crippen LogP contribution in [0.3, 0.4) is 0 Å². The number of nitrogen functional groups attached to an aromatic ring is 1. The first-order valence-corrected chi connectivity index (χ1v) is 4.73. The van der Waals surface area contributed by atoms with E-state index in [0.29, 0.717) is 11.4 Å². The number of pyridine rings is 1. The summed E-state index contributed by atoms with van der Waals surface area (Å²) >= 11 is 0. The predicted octanol–water partition coefficient (Wildman–Crippen LogP) is 1.02. The van der Waals surface area contributed by atoms with Crippen molar-refractivity contribution in [1.82, 2.24) is 4.98 Å². The quantitative estimate of drug-likeness (QED) is 0.761. The van der Waals surface area contributed by atoms with Crippen molar-refractivity contribution >= 4 is 5.69 Å². The van der Waals surface area contributed by atoms with E-state index in [2.05, 4.69) is 11.2 Å². The van der Waals surface area contributed by atoms with E-state index in [1.807, 2.05) is 0 Å². The maximum absolute atomic E-state index is 5.71. The maximum Gasteiger partial charge on any atom is 0.146 e. The fourth-order valence-electron chi connectivity index (χ4n) is 1.43. The summed E-state index contributed by atoms with van der Waals surface area (Å²) in [6.45, 7) is 1.53. The molecule has 0 aliphatic carbocycles. The second-order valence-electron chi connectivity index (χ2n) is 3.26. The largest absolute Gasteiger partial charge is 0.488 e. The molecule has 1 radical (unpaired) electrons. The van der Waals surface area contributed by atoms with E-state index in [0.717, 1.165) is 26.1 Å². The Morgan fingerprint density at radius 2 is 2.29 bits per heavy atom. The fourth-order valence-corrected chi connectivity index (χ4v) is 1.43. The average molecular weight is 193 g/mol. The first-order valence-electron chi connectivity index (χ1n) is 4.73. The maximum atomic E-state index is 5.71. The van der Waals surface area contributed by atoms with Gasteiger partial charge in [0.15, 0.2) is 0 Å². The molecule has 4 heteroatoms. The summed E-state index contributed by atoms with van der Waals surface area (Å²) in [5, 5.41) is 0. The van der Waals surface area contributed by atoms with E-state index in [1.165, 1.54) is 0 Å². The third kappa shape index (κ3) is 2.14. The molecule has 0 aromatic carbocycles. The molecule has 4 nitrogen and oxygen atoms in total. The van der Waals surface area contributed by atoms with Gasteiger partial charge in [0.1, 0.15) is 23.7 Å². The molecule has 1 fully saturated rings. The van der Waals surface area contributed by atoms with E-state index >= 15 is 0 Å². The highest BCUT2D eigenvalue weighted by atomic mass is 16.5. The molecule has 2 N–H and O–H groups in total. The van der Waals surface area contributed by atoms with Crippen LogP contribution in [0, 0.1) is 6.20 Å². The van der Waals surface area contributed by atoms with Gasteiger partial charge < -0.3 is 15.2 Å². The zero-order valence-electron chi connectivity index (χ0n) is 7.90. The van der Waals surface area contributed by atoms with Crippen LogP contribution in [0.1, 0.15) is 12.8 Å². The molecule has 75 valence electrons. The van der Waals surface area contributed by atoms with Crippen LogP contribution in [-0.4, -0.2) is 24.3 Å². The van der Waals surface area contributed by atoms with Crippen LogP contribution in [0.2, 0.25) is 0 Å². The molecule has 1 saturated heterocycles. The Kier molecular flexibility index (Phi) is 2.84. The normalized spacial score (nSPS) is 18.0. The van der Waals surface area contributed by atoms with Gasteiger partial charge in [-0.1, -0.05) is 0 Å². The van der Waals surface area contributed by atoms with Gasteiger partial charge in [0.2, 0.25) is 0 Å². The highest BCUT2D eigenvalue weighted by Crippen LogP contribution is 2.22. The van der Waals surface area contributed by atoms with Gasteiger partial charge in [-0.05, 0) is 0 Å². The summed E-state index contributed by atoms with van der Waals surface area (Å²) in [5.41, 5.74) is 6.13. The third-order valence-electron chi connectivity index (χ3n) is 2.21. The predicted molar refractivity (Wildman–Crippen MR) is 52.0 cm³/mol. The SMILES string of the molecule is Nc1[c]nccc1OC1CCOCC1. The molecule has 1 aliphatic rings. The van der Waals surface area contributed by atoms with Gasteiger partial charge in [0.05, 0.1) is 13.2 Å². The molecule has 1 aliphatic heterocycles. The zero-order chi connectivity index (χ0) is 9.80. The minimum atomic E-state index is 0.210. The number of nitrogens with zero attached hydrogens (tertiary/aromatic N) is 1. The van der Waals surface area contributed by atoms with E-state index < -0.39 is 0 Å². The lowest BCUT2D eigenvalue weighted by molar-refractivity contribution is 0.0258. The second-order valence-corrected chi connectivity index (χ2v) is 3.26. The lowest BCUT2D eigenvalue weighted by Gasteiger charge is -2.23. The van der Waals surface area contributed by atoms with Crippen LogP contribution < -0.4 is 10.5 Å². The van der Waals surface area contributed by atoms with Gasteiger partial charge in [-0.15, -0.1) is 0 Å². The lowest BCUT2D eigenvalue weighted by atomic mass is 10.1. The Morgan fingerprint density at radius 3 is 3.00 bits per heavy atom. The summed E-state index contributed by atoms with van der Waals surface area (Å²) in [6, 6.07) is 1.77. The summed E-state index contributed by atoms with van der Waals surface area (Å²) in [5.74, 6) is 0.673. The van der Waals surface area contributed by atoms with Crippen LogP contribution in [0.25, 0.3) is 0 Å². The van der Waals surface area contributed by atoms with Crippen molar-refractivity contribution in [2.45, 2.75) is 18.9 Å². The Labute approximate surface area is 83.0 Å². The van der Waals surface area contributed by atoms with Gasteiger partial charge in [-0.2, -0.15) is 0 Å². The number of hydrogen-bond acceptors (Lipinski definition) is 4. The molecule has 0 atom stereocenters. The van der Waals surface area contributed by atoms with E-state index in [-0.39, 0.29) is 6.10 Å². The van der Waals surface area contributed by atoms with Crippen molar-refractivity contribution in [2.24, 2.45) is 0 Å². The topological polar surface area (TPSA) is 57.4 Å². The minimum absolute atomic E-state index is 0.210. The summed E-state index contributed by atoms with van der Waals surface area (Å²) in [7, 11) is 0. The number of aromatic nitrogens is 1. The Bertz CT molecular complexity index is 298. The van der Waals surface area contributed by atoms with Crippen molar-refractivity contribution in [3.8, 4) is 5.75 Å². The van der Waals surface area contributed by atoms with Crippen LogP contribution in [0.4, 0.5) is 5.69 Å². The number of hydrogen-bond donors (Lipinski definition) is 1. The standard InChI is InChI=1S/C10H13N2O2/c11-9-7-12-4-1-10(9)14-8-2-5-13-6-3-8/h1,4,8H,2-3,5-6,11H2. The zero-order valence-corrected chi connectivity index (χ0v) is 7.90. The van der Waals surface area contributed by atoms with Gasteiger partial charge in [0, 0.05) is 25.1 Å². The molecule has 0 bridgehead atoms. The highest BCUT2D eigenvalue weighted by Gasteiger charge is 2.16. The summed E-state index contributed by atoms with van der Waals surface area (Å²) in [6.07, 6.45) is 6.34. The Morgan fingerprint density at radius 1 is 1.50 bits per heavy atom. The number of nitrogens with two attached hydrogens (primary N) is 1. The molecule has 2 heterocycles. The van der Waals surface area contributed by atoms with Crippen molar-refractivity contribution in [1.29, 1.82) is 0 Å². The smallest absolute Gasteiger partial charge is 0.146 e. The van der Waals surface area contributed by atoms with Crippen LogP contribution in [-0.2, 0) is 4.74 Å². The van der Waals surface area contributed by atoms with Crippen molar-refractivity contribution < 1.29 is 9.47 Å². The van der Waals surface area contributed by atoms with Gasteiger partial charge in [-0.25, -0.2) is 0 Å². The van der Waals surface area contributed by atoms with Crippen molar-refractivity contribution in [3.05, 3.63) is 18.5 Å². The number of anilines is 1. The van der Waals surface area contributed by atoms with Crippen molar-refractivity contribution in [3.63, 3.8) is 0 Å². The molecule has 0 spiro atoms. The molecular formula is C10H13N2O2. The number of ether oxygens (including phenoxy) is 2. The van der Waals surface area contributed by atoms with Crippen LogP contribution >= 0.6 is 0 Å². The van der Waals surface area contributed by atoms with E-state index in [9.17, 15) is 0 Å². The molecule has 1 aromatic rings. The van der Waals surface area contributed by atoms with Crippen molar-refractivity contribution in [2.75, 3.05) is 18.9 Å². The first kappa shape index (κ1) is 9.27. The minimum Gasteiger partial charge on any atom is -0.488 e. The number of rotatable bonds is 2. The molecular weight excluding hydrogens is 180 g/mol. The van der Waals surface area contributed by atoms with E-state index in [4.69, 9.17) is 15.2 Å². The van der Waals surface area contributed by atoms with Gasteiger partial charge in [-0.3, -0.25) is 4.98 Å². The fraction of sp³-hybridized carbons (Fsp3) is 0.500. The highest BCUT2D eigenvalue weighted by molar-refractivity contribution is 5.48. The third-order valence-corrected chi connectivity index (χ3v) is 2.21. The molecule has 0 saturated carbocycles. The van der Waals surface area contributed by atoms with Gasteiger partial charge >= 0.3 is 0 Å². The van der Waals surface area contributed by atoms with E-state index in [1.54, 1.807) is 12.3 Å². The monoisotopic (exact) mass is 193 g/mol. The summed E-state index contributed by atoms with van der Waals surface area (Å²) in [4.78, 5) is 3.78. The lowest BCUT2D eigenvalue weighted by Crippen LogP contribution is -2.26. The molecule has 14 heavy (non-hydrogen) atoms. The van der Waals surface area contributed by atoms with Crippen LogP contribution in [0.15, 0.2) is 12.3 Å².